The second-order valence-electron chi connectivity index (χ2n) is 9.34. The number of hydrogen-bond acceptors (Lipinski definition) is 2. The monoisotopic (exact) mass is 410 g/mol. The predicted molar refractivity (Wildman–Crippen MR) is 132 cm³/mol. The van der Waals surface area contributed by atoms with Crippen LogP contribution in [0.2, 0.25) is 0 Å². The zero-order valence-corrected chi connectivity index (χ0v) is 18.8. The molecule has 1 aliphatic carbocycles. The largest absolute Gasteiger partial charge is 0.346 e. The molecule has 2 nitrogen and oxygen atoms in total. The van der Waals surface area contributed by atoms with Gasteiger partial charge in [0.05, 0.1) is 12.1 Å². The van der Waals surface area contributed by atoms with E-state index in [2.05, 4.69) is 109 Å². The highest BCUT2D eigenvalue weighted by molar-refractivity contribution is 5.63. The van der Waals surface area contributed by atoms with Crippen molar-refractivity contribution in [3.05, 3.63) is 96.1 Å². The number of rotatable bonds is 4. The van der Waals surface area contributed by atoms with Gasteiger partial charge in [-0.2, -0.15) is 0 Å². The first-order valence-electron chi connectivity index (χ1n) is 12.0. The summed E-state index contributed by atoms with van der Waals surface area (Å²) in [7, 11) is 0. The molecule has 0 amide bonds. The maximum Gasteiger partial charge on any atom is 0.105 e. The maximum atomic E-state index is 2.76. The van der Waals surface area contributed by atoms with Crippen molar-refractivity contribution in [3.63, 3.8) is 0 Å². The lowest BCUT2D eigenvalue weighted by atomic mass is 9.85. The first-order valence-corrected chi connectivity index (χ1v) is 12.0. The second kappa shape index (κ2) is 8.78. The van der Waals surface area contributed by atoms with Crippen LogP contribution in [0.5, 0.6) is 0 Å². The molecule has 0 spiro atoms. The summed E-state index contributed by atoms with van der Waals surface area (Å²) in [6.45, 7) is 4.70. The minimum Gasteiger partial charge on any atom is -0.346 e. The summed E-state index contributed by atoms with van der Waals surface area (Å²) in [5, 5.41) is 0. The van der Waals surface area contributed by atoms with Crippen molar-refractivity contribution in [1.82, 2.24) is 0 Å². The van der Waals surface area contributed by atoms with Gasteiger partial charge in [0.25, 0.3) is 0 Å². The average Bonchev–Trinajstić information content (AvgIpc) is 3.14. The molecule has 0 bridgehead atoms. The fourth-order valence-electron chi connectivity index (χ4n) is 6.03. The third-order valence-corrected chi connectivity index (χ3v) is 7.43. The Morgan fingerprint density at radius 1 is 0.677 bits per heavy atom. The van der Waals surface area contributed by atoms with Gasteiger partial charge in [0.15, 0.2) is 0 Å². The molecule has 0 aromatic heterocycles. The summed E-state index contributed by atoms with van der Waals surface area (Å²) in [5.74, 6) is 0.685. The molecule has 160 valence electrons. The van der Waals surface area contributed by atoms with Gasteiger partial charge in [-0.25, -0.2) is 0 Å². The lowest BCUT2D eigenvalue weighted by molar-refractivity contribution is 0.302. The van der Waals surface area contributed by atoms with Crippen LogP contribution >= 0.6 is 0 Å². The van der Waals surface area contributed by atoms with Gasteiger partial charge in [0.1, 0.15) is 6.17 Å². The molecular weight excluding hydrogens is 376 g/mol. The number of para-hydroxylation sites is 2. The van der Waals surface area contributed by atoms with Crippen LogP contribution in [0.25, 0.3) is 0 Å². The molecule has 2 aliphatic rings. The van der Waals surface area contributed by atoms with Gasteiger partial charge >= 0.3 is 0 Å². The maximum absolute atomic E-state index is 2.76. The van der Waals surface area contributed by atoms with Gasteiger partial charge in [0, 0.05) is 11.4 Å². The van der Waals surface area contributed by atoms with Gasteiger partial charge in [-0.15, -0.1) is 0 Å². The molecule has 1 saturated carbocycles. The van der Waals surface area contributed by atoms with E-state index in [4.69, 9.17) is 0 Å². The minimum absolute atomic E-state index is 0.329. The van der Waals surface area contributed by atoms with Gasteiger partial charge in [-0.3, -0.25) is 0 Å². The van der Waals surface area contributed by atoms with E-state index in [1.807, 2.05) is 0 Å². The number of anilines is 2. The molecule has 3 aromatic carbocycles. The standard InChI is InChI=1S/C29H34N2/c1-22-14-12-13-21-27(22)30-23(2)28(24-15-6-3-7-16-24)31(26-19-10-5-11-20-26)29(30)25-17-8-4-9-18-25/h3,5-7,10-16,19-21,23,25,28-29H,4,8-9,17-18H2,1-2H3/t23-,28?,29?/m0/s1. The molecule has 5 rings (SSSR count). The van der Waals surface area contributed by atoms with Crippen molar-refractivity contribution in [1.29, 1.82) is 0 Å². The Morgan fingerprint density at radius 3 is 1.97 bits per heavy atom. The summed E-state index contributed by atoms with van der Waals surface area (Å²) in [5.41, 5.74) is 5.52. The third kappa shape index (κ3) is 3.73. The average molecular weight is 411 g/mol. The molecule has 1 aliphatic heterocycles. The van der Waals surface area contributed by atoms with Crippen molar-refractivity contribution in [2.75, 3.05) is 9.80 Å². The Bertz CT molecular complexity index is 978. The number of hydrogen-bond donors (Lipinski definition) is 0. The Hall–Kier alpha value is -2.74. The van der Waals surface area contributed by atoms with Crippen LogP contribution in [-0.4, -0.2) is 12.2 Å². The quantitative estimate of drug-likeness (QED) is 0.443. The molecule has 2 fully saturated rings. The zero-order chi connectivity index (χ0) is 21.2. The second-order valence-corrected chi connectivity index (χ2v) is 9.34. The Labute approximate surface area is 187 Å². The van der Waals surface area contributed by atoms with Crippen LogP contribution in [0.4, 0.5) is 11.4 Å². The van der Waals surface area contributed by atoms with Crippen LogP contribution in [0.1, 0.15) is 56.2 Å². The SMILES string of the molecule is Cc1ccccc1N1C(C2CCCCC2)N(c2ccccc2)C(c2ccccc2)[C@@H]1C. The minimum atomic E-state index is 0.329. The fourth-order valence-corrected chi connectivity index (χ4v) is 6.03. The van der Waals surface area contributed by atoms with E-state index in [-0.39, 0.29) is 0 Å². The van der Waals surface area contributed by atoms with Gasteiger partial charge in [0.2, 0.25) is 0 Å². The van der Waals surface area contributed by atoms with E-state index in [1.54, 1.807) is 0 Å². The smallest absolute Gasteiger partial charge is 0.105 e. The lowest BCUT2D eigenvalue weighted by Gasteiger charge is -2.41. The Kier molecular flexibility index (Phi) is 5.72. The number of aryl methyl sites for hydroxylation is 1. The molecule has 3 atom stereocenters. The Balaban J connectivity index is 1.69. The molecule has 1 saturated heterocycles. The lowest BCUT2D eigenvalue weighted by Crippen LogP contribution is -2.47. The first kappa shape index (κ1) is 20.2. The van der Waals surface area contributed by atoms with Crippen LogP contribution in [0.3, 0.4) is 0 Å². The zero-order valence-electron chi connectivity index (χ0n) is 18.8. The van der Waals surface area contributed by atoms with Crippen LogP contribution < -0.4 is 9.80 Å². The molecule has 2 unspecified atom stereocenters. The molecule has 1 heterocycles. The van der Waals surface area contributed by atoms with Crippen molar-refractivity contribution in [2.45, 2.75) is 64.2 Å². The van der Waals surface area contributed by atoms with Gasteiger partial charge in [-0.05, 0) is 61.9 Å². The van der Waals surface area contributed by atoms with E-state index in [0.717, 1.165) is 0 Å². The van der Waals surface area contributed by atoms with Crippen LogP contribution in [-0.2, 0) is 0 Å². The van der Waals surface area contributed by atoms with Crippen molar-refractivity contribution in [2.24, 2.45) is 5.92 Å². The summed E-state index contributed by atoms with van der Waals surface area (Å²) in [6, 6.07) is 32.0. The van der Waals surface area contributed by atoms with Crippen molar-refractivity contribution in [3.8, 4) is 0 Å². The molecule has 2 heteroatoms. The molecule has 0 radical (unpaired) electrons. The summed E-state index contributed by atoms with van der Waals surface area (Å²) in [6.07, 6.45) is 7.13. The van der Waals surface area contributed by atoms with E-state index < -0.39 is 0 Å². The molecule has 0 N–H and O–H groups in total. The van der Waals surface area contributed by atoms with E-state index >= 15 is 0 Å². The number of nitrogens with zero attached hydrogens (tertiary/aromatic N) is 2. The topological polar surface area (TPSA) is 6.48 Å². The van der Waals surface area contributed by atoms with Crippen LogP contribution in [0, 0.1) is 12.8 Å². The first-order chi connectivity index (χ1) is 15.3. The number of benzene rings is 3. The molecule has 31 heavy (non-hydrogen) atoms. The van der Waals surface area contributed by atoms with E-state index in [1.165, 1.54) is 54.6 Å². The summed E-state index contributed by atoms with van der Waals surface area (Å²) < 4.78 is 0. The predicted octanol–water partition coefficient (Wildman–Crippen LogP) is 7.36. The van der Waals surface area contributed by atoms with Gasteiger partial charge < -0.3 is 9.80 Å². The van der Waals surface area contributed by atoms with E-state index in [0.29, 0.717) is 24.2 Å². The third-order valence-electron chi connectivity index (χ3n) is 7.43. The van der Waals surface area contributed by atoms with E-state index in [9.17, 15) is 0 Å². The Morgan fingerprint density at radius 2 is 1.29 bits per heavy atom. The summed E-state index contributed by atoms with van der Waals surface area (Å²) >= 11 is 0. The molecular formula is C29H34N2. The fraction of sp³-hybridized carbons (Fsp3) is 0.379. The normalized spacial score (nSPS) is 24.5. The highest BCUT2D eigenvalue weighted by atomic mass is 15.5. The molecule has 3 aromatic rings. The highest BCUT2D eigenvalue weighted by Gasteiger charge is 2.49. The highest BCUT2D eigenvalue weighted by Crippen LogP contribution is 2.48. The summed E-state index contributed by atoms with van der Waals surface area (Å²) in [4.78, 5) is 5.51. The van der Waals surface area contributed by atoms with Crippen molar-refractivity contribution < 1.29 is 0 Å². The van der Waals surface area contributed by atoms with Crippen LogP contribution in [0.15, 0.2) is 84.9 Å². The van der Waals surface area contributed by atoms with Gasteiger partial charge in [-0.1, -0.05) is 86.0 Å². The van der Waals surface area contributed by atoms with Crippen molar-refractivity contribution >= 4 is 11.4 Å².